The van der Waals surface area contributed by atoms with Gasteiger partial charge in [-0.15, -0.1) is 17.0 Å². The molecule has 3 rings (SSSR count). The fraction of sp³-hybridized carbons (Fsp3) is 0.500. The number of hydrogen-bond donors (Lipinski definition) is 0. The second kappa shape index (κ2) is 11.3. The van der Waals surface area contributed by atoms with Crippen LogP contribution in [0.5, 0.6) is 5.75 Å². The molecule has 1 fully saturated rings. The molecule has 2 aromatic rings. The number of aromatic nitrogens is 2. The van der Waals surface area contributed by atoms with Gasteiger partial charge in [0.15, 0.2) is 0 Å². The van der Waals surface area contributed by atoms with E-state index in [0.717, 1.165) is 56.0 Å². The van der Waals surface area contributed by atoms with E-state index >= 15 is 0 Å². The van der Waals surface area contributed by atoms with Gasteiger partial charge in [-0.3, -0.25) is 4.90 Å². The van der Waals surface area contributed by atoms with E-state index in [1.165, 1.54) is 12.1 Å². The van der Waals surface area contributed by atoms with E-state index in [2.05, 4.69) is 14.9 Å². The summed E-state index contributed by atoms with van der Waals surface area (Å²) in [6.45, 7) is 4.23. The van der Waals surface area contributed by atoms with Gasteiger partial charge < -0.3 is 9.47 Å². The molecule has 0 saturated carbocycles. The maximum atomic E-state index is 12.9. The average Bonchev–Trinajstić information content (AvgIpc) is 2.67. The largest absolute Gasteiger partial charge is 0.493 e. The van der Waals surface area contributed by atoms with Crippen LogP contribution in [-0.4, -0.2) is 48.3 Å². The molecule has 2 heterocycles. The summed E-state index contributed by atoms with van der Waals surface area (Å²) in [4.78, 5) is 11.2. The first-order valence-corrected chi connectivity index (χ1v) is 9.12. The molecular weight excluding hydrogens is 413 g/mol. The van der Waals surface area contributed by atoms with Crippen LogP contribution in [0.2, 0.25) is 0 Å². The van der Waals surface area contributed by atoms with Gasteiger partial charge in [0.2, 0.25) is 0 Å². The van der Waals surface area contributed by atoms with Crippen LogP contribution in [0.1, 0.15) is 24.2 Å². The van der Waals surface area contributed by atoms with Crippen molar-refractivity contribution in [3.63, 3.8) is 0 Å². The highest BCUT2D eigenvalue weighted by Crippen LogP contribution is 2.20. The lowest BCUT2D eigenvalue weighted by atomic mass is 9.98. The predicted octanol–water partition coefficient (Wildman–Crippen LogP) is 3.67. The fourth-order valence-corrected chi connectivity index (χ4v) is 3.22. The van der Waals surface area contributed by atoms with Crippen LogP contribution in [0.15, 0.2) is 36.7 Å². The summed E-state index contributed by atoms with van der Waals surface area (Å²) in [5.74, 6) is 1.79. The molecule has 1 aliphatic heterocycles. The minimum Gasteiger partial charge on any atom is -0.493 e. The minimum absolute atomic E-state index is 0. The first kappa shape index (κ1) is 21.7. The maximum Gasteiger partial charge on any atom is 0.130 e. The summed E-state index contributed by atoms with van der Waals surface area (Å²) in [7, 11) is 1.68. The number of piperidine rings is 1. The van der Waals surface area contributed by atoms with E-state index in [1.54, 1.807) is 19.2 Å². The van der Waals surface area contributed by atoms with Gasteiger partial charge in [-0.05, 0) is 43.7 Å². The monoisotopic (exact) mass is 439 g/mol. The smallest absolute Gasteiger partial charge is 0.130 e. The van der Waals surface area contributed by atoms with Crippen molar-refractivity contribution in [2.24, 2.45) is 5.92 Å². The highest BCUT2D eigenvalue weighted by molar-refractivity contribution is 8.93. The summed E-state index contributed by atoms with van der Waals surface area (Å²) in [6.07, 6.45) is 6.88. The Labute approximate surface area is 170 Å². The van der Waals surface area contributed by atoms with Crippen LogP contribution in [-0.2, 0) is 17.7 Å². The molecule has 0 aliphatic carbocycles. The molecule has 0 amide bonds. The number of methoxy groups -OCH3 is 1. The number of benzene rings is 1. The third kappa shape index (κ3) is 7.16. The summed E-state index contributed by atoms with van der Waals surface area (Å²) in [5, 5.41) is 0. The minimum atomic E-state index is -0.239. The molecule has 1 unspecified atom stereocenters. The zero-order valence-corrected chi connectivity index (χ0v) is 17.4. The van der Waals surface area contributed by atoms with Gasteiger partial charge in [-0.1, -0.05) is 0 Å². The van der Waals surface area contributed by atoms with Crippen molar-refractivity contribution >= 4 is 17.0 Å². The van der Waals surface area contributed by atoms with E-state index in [-0.39, 0.29) is 22.8 Å². The topological polar surface area (TPSA) is 47.5 Å². The predicted molar refractivity (Wildman–Crippen MR) is 108 cm³/mol. The Morgan fingerprint density at radius 2 is 1.93 bits per heavy atom. The molecule has 5 nitrogen and oxygen atoms in total. The van der Waals surface area contributed by atoms with Gasteiger partial charge in [0.05, 0.1) is 13.2 Å². The Morgan fingerprint density at radius 3 is 2.63 bits per heavy atom. The molecule has 0 N–H and O–H groups in total. The van der Waals surface area contributed by atoms with Crippen molar-refractivity contribution in [1.29, 1.82) is 0 Å². The number of rotatable bonds is 8. The van der Waals surface area contributed by atoms with Crippen molar-refractivity contribution in [2.75, 3.05) is 33.4 Å². The molecule has 0 spiro atoms. The van der Waals surface area contributed by atoms with E-state index < -0.39 is 0 Å². The van der Waals surface area contributed by atoms with Crippen molar-refractivity contribution in [3.8, 4) is 5.75 Å². The van der Waals surface area contributed by atoms with Crippen LogP contribution >= 0.6 is 17.0 Å². The van der Waals surface area contributed by atoms with Gasteiger partial charge in [0, 0.05) is 50.5 Å². The van der Waals surface area contributed by atoms with Crippen molar-refractivity contribution < 1.29 is 13.9 Å². The fourth-order valence-electron chi connectivity index (χ4n) is 3.22. The molecule has 0 radical (unpaired) electrons. The first-order chi connectivity index (χ1) is 12.7. The molecule has 1 atom stereocenters. The van der Waals surface area contributed by atoms with Gasteiger partial charge in [0.25, 0.3) is 0 Å². The molecule has 1 aromatic heterocycles. The lowest BCUT2D eigenvalue weighted by molar-refractivity contribution is 0.125. The van der Waals surface area contributed by atoms with Gasteiger partial charge in [0.1, 0.15) is 17.4 Å². The first-order valence-electron chi connectivity index (χ1n) is 9.12. The zero-order valence-electron chi connectivity index (χ0n) is 15.6. The van der Waals surface area contributed by atoms with E-state index in [1.807, 2.05) is 12.4 Å². The molecule has 27 heavy (non-hydrogen) atoms. The quantitative estimate of drug-likeness (QED) is 0.627. The molecule has 1 aromatic carbocycles. The molecular formula is C20H27BrFN3O2. The normalized spacial score (nSPS) is 17.3. The van der Waals surface area contributed by atoms with E-state index in [0.29, 0.717) is 19.1 Å². The SMILES string of the molecule is Br.COCCc1ncc(CN2CCCC(COc3ccc(F)cc3)C2)cn1. The maximum absolute atomic E-state index is 12.9. The highest BCUT2D eigenvalue weighted by Gasteiger charge is 2.20. The van der Waals surface area contributed by atoms with Crippen LogP contribution in [0.3, 0.4) is 0 Å². The second-order valence-electron chi connectivity index (χ2n) is 6.76. The highest BCUT2D eigenvalue weighted by atomic mass is 79.9. The molecule has 1 saturated heterocycles. The Bertz CT molecular complexity index is 670. The number of ether oxygens (including phenoxy) is 2. The molecule has 148 valence electrons. The number of hydrogen-bond acceptors (Lipinski definition) is 5. The Balaban J connectivity index is 0.00000261. The van der Waals surface area contributed by atoms with Crippen LogP contribution in [0.25, 0.3) is 0 Å². The Kier molecular flexibility index (Phi) is 9.10. The third-order valence-corrected chi connectivity index (χ3v) is 4.60. The third-order valence-electron chi connectivity index (χ3n) is 4.60. The van der Waals surface area contributed by atoms with Gasteiger partial charge in [-0.25, -0.2) is 14.4 Å². The van der Waals surface area contributed by atoms with E-state index in [9.17, 15) is 4.39 Å². The van der Waals surface area contributed by atoms with Crippen LogP contribution in [0, 0.1) is 11.7 Å². The number of likely N-dealkylation sites (tertiary alicyclic amines) is 1. The zero-order chi connectivity index (χ0) is 18.2. The van der Waals surface area contributed by atoms with Gasteiger partial charge in [-0.2, -0.15) is 0 Å². The average molecular weight is 440 g/mol. The number of halogens is 2. The second-order valence-corrected chi connectivity index (χ2v) is 6.76. The standard InChI is InChI=1S/C20H26FN3O2.BrH/c1-25-10-8-20-22-11-17(12-23-20)14-24-9-2-3-16(13-24)15-26-19-6-4-18(21)5-7-19;/h4-7,11-12,16H,2-3,8-10,13-15H2,1H3;1H. The van der Waals surface area contributed by atoms with Crippen molar-refractivity contribution in [3.05, 3.63) is 53.9 Å². The Hall–Kier alpha value is -1.57. The summed E-state index contributed by atoms with van der Waals surface area (Å²) in [6, 6.07) is 6.22. The van der Waals surface area contributed by atoms with Gasteiger partial charge >= 0.3 is 0 Å². The molecule has 1 aliphatic rings. The lowest BCUT2D eigenvalue weighted by Gasteiger charge is -2.32. The van der Waals surface area contributed by atoms with Crippen molar-refractivity contribution in [1.82, 2.24) is 14.9 Å². The summed E-state index contributed by atoms with van der Waals surface area (Å²) < 4.78 is 23.8. The Morgan fingerprint density at radius 1 is 1.19 bits per heavy atom. The summed E-state index contributed by atoms with van der Waals surface area (Å²) >= 11 is 0. The molecule has 0 bridgehead atoms. The van der Waals surface area contributed by atoms with E-state index in [4.69, 9.17) is 9.47 Å². The van der Waals surface area contributed by atoms with Crippen LogP contribution < -0.4 is 4.74 Å². The summed E-state index contributed by atoms with van der Waals surface area (Å²) in [5.41, 5.74) is 1.13. The number of nitrogens with zero attached hydrogens (tertiary/aromatic N) is 3. The molecule has 7 heteroatoms. The lowest BCUT2D eigenvalue weighted by Crippen LogP contribution is -2.37. The van der Waals surface area contributed by atoms with Crippen LogP contribution in [0.4, 0.5) is 4.39 Å². The van der Waals surface area contributed by atoms with Crippen molar-refractivity contribution in [2.45, 2.75) is 25.8 Å².